The highest BCUT2D eigenvalue weighted by atomic mass is 15.2. The fraction of sp³-hybridized carbons (Fsp3) is 0.478. The van der Waals surface area contributed by atoms with Crippen LogP contribution in [0.15, 0.2) is 42.5 Å². The molecule has 1 aliphatic rings. The molecule has 3 heteroatoms. The highest BCUT2D eigenvalue weighted by molar-refractivity contribution is 6.08. The summed E-state index contributed by atoms with van der Waals surface area (Å²) >= 11 is 0. The summed E-state index contributed by atoms with van der Waals surface area (Å²) in [6.07, 6.45) is 1.22. The molecule has 0 spiro atoms. The highest BCUT2D eigenvalue weighted by Crippen LogP contribution is 2.34. The van der Waals surface area contributed by atoms with Crippen molar-refractivity contribution in [3.63, 3.8) is 0 Å². The second-order valence-corrected chi connectivity index (χ2v) is 7.97. The van der Waals surface area contributed by atoms with E-state index in [2.05, 4.69) is 78.0 Å². The van der Waals surface area contributed by atoms with E-state index in [0.29, 0.717) is 12.0 Å². The van der Waals surface area contributed by atoms with Crippen LogP contribution in [0.2, 0.25) is 0 Å². The lowest BCUT2D eigenvalue weighted by molar-refractivity contribution is 0.154. The maximum atomic E-state index is 3.49. The van der Waals surface area contributed by atoms with Crippen LogP contribution in [0.1, 0.15) is 38.8 Å². The molecule has 0 bridgehead atoms. The zero-order valence-corrected chi connectivity index (χ0v) is 16.3. The van der Waals surface area contributed by atoms with Crippen molar-refractivity contribution in [2.24, 2.45) is 5.92 Å². The summed E-state index contributed by atoms with van der Waals surface area (Å²) in [4.78, 5) is 2.68. The fourth-order valence-corrected chi connectivity index (χ4v) is 4.56. The number of nitrogens with zero attached hydrogens (tertiary/aromatic N) is 2. The number of rotatable bonds is 5. The van der Waals surface area contributed by atoms with Gasteiger partial charge in [-0.15, -0.1) is 0 Å². The molecule has 1 saturated heterocycles. The van der Waals surface area contributed by atoms with Crippen molar-refractivity contribution >= 4 is 21.8 Å². The van der Waals surface area contributed by atoms with Gasteiger partial charge >= 0.3 is 0 Å². The Morgan fingerprint density at radius 2 is 1.69 bits per heavy atom. The Morgan fingerprint density at radius 3 is 2.42 bits per heavy atom. The summed E-state index contributed by atoms with van der Waals surface area (Å²) in [6, 6.07) is 16.6. The Hall–Kier alpha value is -1.84. The molecule has 1 atom stereocenters. The average molecular weight is 350 g/mol. The van der Waals surface area contributed by atoms with Crippen molar-refractivity contribution in [3.8, 4) is 0 Å². The van der Waals surface area contributed by atoms with E-state index < -0.39 is 0 Å². The number of piperazine rings is 1. The molecule has 0 aliphatic carbocycles. The van der Waals surface area contributed by atoms with E-state index in [9.17, 15) is 0 Å². The van der Waals surface area contributed by atoms with Gasteiger partial charge in [-0.2, -0.15) is 0 Å². The van der Waals surface area contributed by atoms with Crippen LogP contribution in [0.25, 0.3) is 21.8 Å². The van der Waals surface area contributed by atoms with Crippen LogP contribution >= 0.6 is 0 Å². The minimum Gasteiger partial charge on any atom is -0.341 e. The van der Waals surface area contributed by atoms with Crippen LogP contribution in [0, 0.1) is 5.92 Å². The van der Waals surface area contributed by atoms with Crippen LogP contribution in [0.5, 0.6) is 0 Å². The highest BCUT2D eigenvalue weighted by Gasteiger charge is 2.24. The maximum absolute atomic E-state index is 3.49. The standard InChI is InChI=1S/C23H31N3/c1-4-26-21-8-6-5-7-19(21)20-16-18(9-10-22(20)26)23(15-17(2)3)25-13-11-24-12-14-25/h5-10,16-17,23-24H,4,11-15H2,1-3H3/t23-/m0/s1. The number of fused-ring (bicyclic) bond motifs is 3. The van der Waals surface area contributed by atoms with Crippen molar-refractivity contribution in [2.45, 2.75) is 39.8 Å². The Kier molecular flexibility index (Phi) is 5.01. The molecule has 26 heavy (non-hydrogen) atoms. The van der Waals surface area contributed by atoms with Gasteiger partial charge in [0.2, 0.25) is 0 Å². The first-order chi connectivity index (χ1) is 12.7. The number of hydrogen-bond acceptors (Lipinski definition) is 2. The molecule has 1 aromatic heterocycles. The van der Waals surface area contributed by atoms with Crippen molar-refractivity contribution in [1.29, 1.82) is 0 Å². The molecule has 2 aromatic carbocycles. The normalized spacial score (nSPS) is 17.4. The van der Waals surface area contributed by atoms with Crippen molar-refractivity contribution in [1.82, 2.24) is 14.8 Å². The monoisotopic (exact) mass is 349 g/mol. The molecule has 4 rings (SSSR count). The zero-order valence-electron chi connectivity index (χ0n) is 16.3. The molecule has 0 amide bonds. The van der Waals surface area contributed by atoms with Crippen molar-refractivity contribution < 1.29 is 0 Å². The molecule has 1 N–H and O–H groups in total. The number of benzene rings is 2. The van der Waals surface area contributed by atoms with Crippen molar-refractivity contribution in [3.05, 3.63) is 48.0 Å². The Balaban J connectivity index is 1.82. The Bertz CT molecular complexity index is 887. The number of nitrogens with one attached hydrogen (secondary N) is 1. The van der Waals surface area contributed by atoms with Crippen molar-refractivity contribution in [2.75, 3.05) is 26.2 Å². The van der Waals surface area contributed by atoms with E-state index >= 15 is 0 Å². The van der Waals surface area contributed by atoms with Gasteiger partial charge in [-0.05, 0) is 43.0 Å². The molecule has 2 heterocycles. The Morgan fingerprint density at radius 1 is 0.962 bits per heavy atom. The number of hydrogen-bond donors (Lipinski definition) is 1. The summed E-state index contributed by atoms with van der Waals surface area (Å²) in [6.45, 7) is 12.4. The zero-order chi connectivity index (χ0) is 18.1. The largest absolute Gasteiger partial charge is 0.341 e. The van der Waals surface area contributed by atoms with Crippen LogP contribution in [-0.4, -0.2) is 35.6 Å². The van der Waals surface area contributed by atoms with Crippen LogP contribution in [0.4, 0.5) is 0 Å². The minimum absolute atomic E-state index is 0.519. The Labute approximate surface area is 157 Å². The van der Waals surface area contributed by atoms with E-state index in [4.69, 9.17) is 0 Å². The van der Waals surface area contributed by atoms with Gasteiger partial charge in [-0.25, -0.2) is 0 Å². The number of aromatic nitrogens is 1. The first-order valence-corrected chi connectivity index (χ1v) is 10.1. The SMILES string of the molecule is CCn1c2ccccc2c2cc([C@H](CC(C)C)N3CCNCC3)ccc21. The van der Waals surface area contributed by atoms with Gasteiger partial charge in [0, 0.05) is 60.6 Å². The maximum Gasteiger partial charge on any atom is 0.0491 e. The molecule has 3 nitrogen and oxygen atoms in total. The van der Waals surface area contributed by atoms with E-state index in [-0.39, 0.29) is 0 Å². The third-order valence-electron chi connectivity index (χ3n) is 5.78. The molecule has 0 radical (unpaired) electrons. The molecule has 1 aliphatic heterocycles. The van der Waals surface area contributed by atoms with E-state index in [1.165, 1.54) is 33.8 Å². The first-order valence-electron chi connectivity index (χ1n) is 10.1. The van der Waals surface area contributed by atoms with Crippen LogP contribution < -0.4 is 5.32 Å². The first kappa shape index (κ1) is 17.6. The average Bonchev–Trinajstić information content (AvgIpc) is 2.99. The molecular formula is C23H31N3. The fourth-order valence-electron chi connectivity index (χ4n) is 4.56. The third kappa shape index (κ3) is 3.15. The van der Waals surface area contributed by atoms with Gasteiger partial charge in [-0.3, -0.25) is 4.90 Å². The second kappa shape index (κ2) is 7.42. The van der Waals surface area contributed by atoms with Gasteiger partial charge in [0.25, 0.3) is 0 Å². The quantitative estimate of drug-likeness (QED) is 0.713. The van der Waals surface area contributed by atoms with E-state index in [0.717, 1.165) is 32.7 Å². The lowest BCUT2D eigenvalue weighted by Gasteiger charge is -2.36. The summed E-state index contributed by atoms with van der Waals surface area (Å²) in [5.74, 6) is 0.697. The topological polar surface area (TPSA) is 20.2 Å². The van der Waals surface area contributed by atoms with Gasteiger partial charge in [0.05, 0.1) is 0 Å². The van der Waals surface area contributed by atoms with Crippen LogP contribution in [0.3, 0.4) is 0 Å². The van der Waals surface area contributed by atoms with Gasteiger partial charge < -0.3 is 9.88 Å². The molecule has 1 fully saturated rings. The van der Waals surface area contributed by atoms with E-state index in [1.807, 2.05) is 0 Å². The lowest BCUT2D eigenvalue weighted by Crippen LogP contribution is -2.45. The molecule has 3 aromatic rings. The summed E-state index contributed by atoms with van der Waals surface area (Å²) in [5, 5.41) is 6.28. The van der Waals surface area contributed by atoms with Gasteiger partial charge in [-0.1, -0.05) is 38.1 Å². The number of aryl methyl sites for hydroxylation is 1. The summed E-state index contributed by atoms with van der Waals surface area (Å²) < 4.78 is 2.44. The lowest BCUT2D eigenvalue weighted by atomic mass is 9.94. The molecular weight excluding hydrogens is 318 g/mol. The van der Waals surface area contributed by atoms with E-state index in [1.54, 1.807) is 0 Å². The minimum atomic E-state index is 0.519. The third-order valence-corrected chi connectivity index (χ3v) is 5.78. The van der Waals surface area contributed by atoms with Gasteiger partial charge in [0.15, 0.2) is 0 Å². The predicted molar refractivity (Wildman–Crippen MR) is 112 cm³/mol. The number of para-hydroxylation sites is 1. The predicted octanol–water partition coefficient (Wildman–Crippen LogP) is 4.81. The molecule has 0 saturated carbocycles. The van der Waals surface area contributed by atoms with Gasteiger partial charge in [0.1, 0.15) is 0 Å². The van der Waals surface area contributed by atoms with Crippen LogP contribution in [-0.2, 0) is 6.54 Å². The summed E-state index contributed by atoms with van der Waals surface area (Å²) in [7, 11) is 0. The molecule has 138 valence electrons. The smallest absolute Gasteiger partial charge is 0.0491 e. The molecule has 0 unspecified atom stereocenters. The summed E-state index contributed by atoms with van der Waals surface area (Å²) in [5.41, 5.74) is 4.19. The second-order valence-electron chi connectivity index (χ2n) is 7.97.